The van der Waals surface area contributed by atoms with Crippen LogP contribution >= 0.6 is 11.3 Å². The van der Waals surface area contributed by atoms with E-state index >= 15 is 0 Å². The van der Waals surface area contributed by atoms with Gasteiger partial charge in [-0.1, -0.05) is 30.3 Å². The predicted molar refractivity (Wildman–Crippen MR) is 117 cm³/mol. The number of benzene rings is 1. The van der Waals surface area contributed by atoms with Crippen molar-refractivity contribution in [3.8, 4) is 10.4 Å². The first-order chi connectivity index (χ1) is 14.6. The largest absolute Gasteiger partial charge is 0.369 e. The highest BCUT2D eigenvalue weighted by atomic mass is 32.1. The highest BCUT2D eigenvalue weighted by molar-refractivity contribution is 7.15. The van der Waals surface area contributed by atoms with E-state index in [4.69, 9.17) is 4.74 Å². The molecule has 1 spiro atoms. The molecule has 0 saturated carbocycles. The summed E-state index contributed by atoms with van der Waals surface area (Å²) in [6, 6.07) is 12.9. The van der Waals surface area contributed by atoms with Crippen LogP contribution in [0.15, 0.2) is 36.4 Å². The molecule has 1 atom stereocenters. The van der Waals surface area contributed by atoms with Gasteiger partial charge in [0.15, 0.2) is 0 Å². The van der Waals surface area contributed by atoms with E-state index in [-0.39, 0.29) is 23.3 Å². The van der Waals surface area contributed by atoms with E-state index in [1.807, 2.05) is 29.2 Å². The van der Waals surface area contributed by atoms with Gasteiger partial charge in [-0.15, -0.1) is 11.3 Å². The Kier molecular flexibility index (Phi) is 5.15. The van der Waals surface area contributed by atoms with E-state index in [1.54, 1.807) is 4.90 Å². The summed E-state index contributed by atoms with van der Waals surface area (Å²) in [5, 5.41) is 0. The Balaban J connectivity index is 1.31. The first-order valence-corrected chi connectivity index (χ1v) is 11.8. The molecule has 0 bridgehead atoms. The van der Waals surface area contributed by atoms with E-state index in [2.05, 4.69) is 30.3 Å². The van der Waals surface area contributed by atoms with Crippen LogP contribution in [0.5, 0.6) is 0 Å². The number of piperidine rings is 1. The summed E-state index contributed by atoms with van der Waals surface area (Å²) < 4.78 is 6.40. The second-order valence-electron chi connectivity index (χ2n) is 8.58. The maximum Gasteiger partial charge on any atom is 0.227 e. The van der Waals surface area contributed by atoms with Crippen molar-refractivity contribution in [2.45, 2.75) is 38.2 Å². The molecule has 30 heavy (non-hydrogen) atoms. The number of hydrogen-bond donors (Lipinski definition) is 0. The minimum absolute atomic E-state index is 0.108. The van der Waals surface area contributed by atoms with Gasteiger partial charge >= 0.3 is 0 Å². The molecule has 2 amide bonds. The van der Waals surface area contributed by atoms with Crippen LogP contribution in [0.3, 0.4) is 0 Å². The normalized spacial score (nSPS) is 23.1. The summed E-state index contributed by atoms with van der Waals surface area (Å²) in [5.74, 6) is 0.0682. The number of nitrogens with zero attached hydrogens (tertiary/aromatic N) is 2. The van der Waals surface area contributed by atoms with E-state index in [1.165, 1.54) is 20.9 Å². The molecule has 0 radical (unpaired) electrons. The minimum atomic E-state index is -0.261. The molecule has 2 aromatic rings. The Morgan fingerprint density at radius 1 is 1.23 bits per heavy atom. The third-order valence-electron chi connectivity index (χ3n) is 6.86. The molecule has 158 valence electrons. The van der Waals surface area contributed by atoms with Crippen molar-refractivity contribution >= 4 is 23.2 Å². The van der Waals surface area contributed by atoms with Gasteiger partial charge in [0.25, 0.3) is 0 Å². The number of fused-ring (bicyclic) bond motifs is 2. The van der Waals surface area contributed by atoms with E-state index in [0.29, 0.717) is 32.6 Å². The standard InChI is InChI=1S/C24H28N2O3S/c1-2-25-16-19(15-21(25)27)23(28)26-11-9-24(10-12-26)22-18(8-13-29-24)14-20(30-22)17-6-4-3-5-7-17/h3-7,14,19H,2,8-13,15-16H2,1H3. The molecule has 2 saturated heterocycles. The number of ether oxygens (including phenoxy) is 1. The number of rotatable bonds is 3. The zero-order valence-corrected chi connectivity index (χ0v) is 18.2. The lowest BCUT2D eigenvalue weighted by molar-refractivity contribution is -0.144. The molecular formula is C24H28N2O3S. The Labute approximate surface area is 181 Å². The van der Waals surface area contributed by atoms with Crippen molar-refractivity contribution in [3.05, 3.63) is 46.8 Å². The van der Waals surface area contributed by atoms with Crippen LogP contribution in [0, 0.1) is 5.92 Å². The van der Waals surface area contributed by atoms with Gasteiger partial charge in [0.1, 0.15) is 5.60 Å². The van der Waals surface area contributed by atoms with E-state index in [9.17, 15) is 9.59 Å². The predicted octanol–water partition coefficient (Wildman–Crippen LogP) is 3.67. The first-order valence-electron chi connectivity index (χ1n) is 11.0. The highest BCUT2D eigenvalue weighted by Gasteiger charge is 2.45. The average Bonchev–Trinajstić information content (AvgIpc) is 3.39. The van der Waals surface area contributed by atoms with Crippen LogP contribution in [0.4, 0.5) is 0 Å². The fourth-order valence-corrected chi connectivity index (χ4v) is 6.54. The van der Waals surface area contributed by atoms with Gasteiger partial charge in [-0.05, 0) is 43.4 Å². The van der Waals surface area contributed by atoms with Gasteiger partial charge in [-0.3, -0.25) is 9.59 Å². The second kappa shape index (κ2) is 7.82. The number of carbonyl (C=O) groups excluding carboxylic acids is 2. The van der Waals surface area contributed by atoms with Crippen molar-refractivity contribution in [2.24, 2.45) is 5.92 Å². The number of hydrogen-bond acceptors (Lipinski definition) is 4. The van der Waals surface area contributed by atoms with Crippen molar-refractivity contribution < 1.29 is 14.3 Å². The third kappa shape index (κ3) is 3.36. The van der Waals surface area contributed by atoms with Gasteiger partial charge in [0.05, 0.1) is 12.5 Å². The zero-order valence-electron chi connectivity index (χ0n) is 17.4. The molecule has 4 heterocycles. The average molecular weight is 425 g/mol. The smallest absolute Gasteiger partial charge is 0.227 e. The summed E-state index contributed by atoms with van der Waals surface area (Å²) in [4.78, 5) is 31.5. The number of thiophene rings is 1. The monoisotopic (exact) mass is 424 g/mol. The van der Waals surface area contributed by atoms with Gasteiger partial charge in [-0.25, -0.2) is 0 Å². The van der Waals surface area contributed by atoms with Crippen LogP contribution in [-0.2, 0) is 26.3 Å². The fourth-order valence-electron chi connectivity index (χ4n) is 5.13. The van der Waals surface area contributed by atoms with Gasteiger partial charge in [-0.2, -0.15) is 0 Å². The molecule has 3 aliphatic heterocycles. The third-order valence-corrected chi connectivity index (χ3v) is 8.27. The fraction of sp³-hybridized carbons (Fsp3) is 0.500. The molecule has 5 rings (SSSR count). The molecule has 1 aromatic heterocycles. The SMILES string of the molecule is CCN1CC(C(=O)N2CCC3(CC2)OCCc2cc(-c4ccccc4)sc23)CC1=O. The van der Waals surface area contributed by atoms with E-state index in [0.717, 1.165) is 25.9 Å². The summed E-state index contributed by atoms with van der Waals surface area (Å²) in [6.45, 7) is 5.38. The molecule has 0 N–H and O–H groups in total. The highest BCUT2D eigenvalue weighted by Crippen LogP contribution is 2.47. The lowest BCUT2D eigenvalue weighted by atomic mass is 9.85. The van der Waals surface area contributed by atoms with Crippen LogP contribution in [0.1, 0.15) is 36.6 Å². The summed E-state index contributed by atoms with van der Waals surface area (Å²) in [6.07, 6.45) is 2.98. The summed E-state index contributed by atoms with van der Waals surface area (Å²) in [7, 11) is 0. The molecule has 1 aromatic carbocycles. The van der Waals surface area contributed by atoms with Gasteiger partial charge < -0.3 is 14.5 Å². The van der Waals surface area contributed by atoms with Crippen LogP contribution in [-0.4, -0.2) is 54.4 Å². The number of amides is 2. The Hall–Kier alpha value is -2.18. The lowest BCUT2D eigenvalue weighted by Crippen LogP contribution is -2.49. The van der Waals surface area contributed by atoms with Crippen LogP contribution in [0.2, 0.25) is 0 Å². The minimum Gasteiger partial charge on any atom is -0.369 e. The molecule has 1 unspecified atom stereocenters. The molecule has 2 fully saturated rings. The van der Waals surface area contributed by atoms with Crippen molar-refractivity contribution in [2.75, 3.05) is 32.8 Å². The zero-order chi connectivity index (χ0) is 20.7. The topological polar surface area (TPSA) is 49.9 Å². The Bertz CT molecular complexity index is 947. The molecule has 6 heteroatoms. The lowest BCUT2D eigenvalue weighted by Gasteiger charge is -2.44. The summed E-state index contributed by atoms with van der Waals surface area (Å²) >= 11 is 1.85. The van der Waals surface area contributed by atoms with Gasteiger partial charge in [0.2, 0.25) is 11.8 Å². The van der Waals surface area contributed by atoms with Crippen molar-refractivity contribution in [1.82, 2.24) is 9.80 Å². The maximum absolute atomic E-state index is 13.0. The molecule has 5 nitrogen and oxygen atoms in total. The van der Waals surface area contributed by atoms with Gasteiger partial charge in [0, 0.05) is 42.4 Å². The molecule has 0 aliphatic carbocycles. The Morgan fingerprint density at radius 2 is 2.00 bits per heavy atom. The summed E-state index contributed by atoms with van der Waals surface area (Å²) in [5.41, 5.74) is 2.40. The van der Waals surface area contributed by atoms with Crippen molar-refractivity contribution in [1.29, 1.82) is 0 Å². The quantitative estimate of drug-likeness (QED) is 0.755. The Morgan fingerprint density at radius 3 is 2.70 bits per heavy atom. The van der Waals surface area contributed by atoms with E-state index < -0.39 is 0 Å². The molecular weight excluding hydrogens is 396 g/mol. The number of carbonyl (C=O) groups is 2. The molecule has 3 aliphatic rings. The maximum atomic E-state index is 13.0. The number of likely N-dealkylation sites (tertiary alicyclic amines) is 2. The van der Waals surface area contributed by atoms with Crippen LogP contribution in [0.25, 0.3) is 10.4 Å². The first kappa shape index (κ1) is 19.8. The van der Waals surface area contributed by atoms with Crippen molar-refractivity contribution in [3.63, 3.8) is 0 Å². The van der Waals surface area contributed by atoms with Crippen LogP contribution < -0.4 is 0 Å². The second-order valence-corrected chi connectivity index (χ2v) is 9.63.